The molecule has 0 aromatic heterocycles. The van der Waals surface area contributed by atoms with E-state index in [1.54, 1.807) is 0 Å². The molecule has 0 spiro atoms. The normalized spacial score (nSPS) is 22.5. The number of anilines is 2. The number of likely N-dealkylation sites (N-methyl/N-ethyl adjacent to an activating group) is 1. The fourth-order valence-corrected chi connectivity index (χ4v) is 5.73. The summed E-state index contributed by atoms with van der Waals surface area (Å²) in [6.07, 6.45) is 2.62. The molecule has 2 aliphatic heterocycles. The molecule has 0 radical (unpaired) electrons. The van der Waals surface area contributed by atoms with E-state index in [2.05, 4.69) is 117 Å². The van der Waals surface area contributed by atoms with Gasteiger partial charge in [-0.05, 0) is 61.6 Å². The van der Waals surface area contributed by atoms with Crippen molar-refractivity contribution >= 4 is 16.9 Å². The Balaban J connectivity index is 1.78. The topological polar surface area (TPSA) is 6.48 Å². The highest BCUT2D eigenvalue weighted by atomic mass is 15.4. The molecule has 0 unspecified atom stereocenters. The minimum atomic E-state index is -0.101. The van der Waals surface area contributed by atoms with Crippen LogP contribution in [0.25, 0.3) is 5.57 Å². The molecule has 0 bridgehead atoms. The van der Waals surface area contributed by atoms with Crippen LogP contribution in [0.2, 0.25) is 0 Å². The van der Waals surface area contributed by atoms with Gasteiger partial charge in [0.1, 0.15) is 6.17 Å². The molecule has 146 valence electrons. The lowest BCUT2D eigenvalue weighted by Crippen LogP contribution is -2.48. The van der Waals surface area contributed by atoms with Gasteiger partial charge < -0.3 is 9.80 Å². The summed E-state index contributed by atoms with van der Waals surface area (Å²) in [7, 11) is 2.24. The van der Waals surface area contributed by atoms with E-state index in [-0.39, 0.29) is 11.6 Å². The van der Waals surface area contributed by atoms with Crippen LogP contribution in [-0.2, 0) is 5.41 Å². The van der Waals surface area contributed by atoms with Crippen molar-refractivity contribution in [3.8, 4) is 0 Å². The molecular formula is C27H28N2. The molecular weight excluding hydrogens is 352 g/mol. The SMILES string of the molecule is Cc1cc(C)c(N2C=C(c3ccccc3)[C@@]3(C)c4ccccc4N(C)[C@@H]23)c(C)c1. The Morgan fingerprint density at radius 2 is 1.45 bits per heavy atom. The Morgan fingerprint density at radius 3 is 2.14 bits per heavy atom. The minimum Gasteiger partial charge on any atom is -0.353 e. The van der Waals surface area contributed by atoms with Crippen LogP contribution in [0.15, 0.2) is 72.9 Å². The second-order valence-electron chi connectivity index (χ2n) is 8.77. The van der Waals surface area contributed by atoms with Gasteiger partial charge in [0.25, 0.3) is 0 Å². The predicted octanol–water partition coefficient (Wildman–Crippen LogP) is 6.21. The summed E-state index contributed by atoms with van der Waals surface area (Å²) in [6, 6.07) is 24.4. The van der Waals surface area contributed by atoms with Crippen LogP contribution >= 0.6 is 0 Å². The maximum Gasteiger partial charge on any atom is 0.119 e. The van der Waals surface area contributed by atoms with E-state index in [4.69, 9.17) is 0 Å². The molecule has 0 fully saturated rings. The summed E-state index contributed by atoms with van der Waals surface area (Å²) >= 11 is 0. The van der Waals surface area contributed by atoms with Crippen molar-refractivity contribution in [2.75, 3.05) is 16.8 Å². The van der Waals surface area contributed by atoms with Crippen molar-refractivity contribution in [1.29, 1.82) is 0 Å². The molecule has 2 heterocycles. The predicted molar refractivity (Wildman–Crippen MR) is 124 cm³/mol. The van der Waals surface area contributed by atoms with E-state index in [0.717, 1.165) is 0 Å². The van der Waals surface area contributed by atoms with Crippen molar-refractivity contribution in [3.05, 3.63) is 101 Å². The number of para-hydroxylation sites is 1. The average Bonchev–Trinajstić information content (AvgIpc) is 3.12. The molecule has 5 rings (SSSR count). The van der Waals surface area contributed by atoms with Crippen molar-refractivity contribution in [2.45, 2.75) is 39.3 Å². The second kappa shape index (κ2) is 6.25. The number of nitrogens with zero attached hydrogens (tertiary/aromatic N) is 2. The zero-order valence-electron chi connectivity index (χ0n) is 17.9. The number of hydrogen-bond acceptors (Lipinski definition) is 2. The van der Waals surface area contributed by atoms with Gasteiger partial charge >= 0.3 is 0 Å². The number of fused-ring (bicyclic) bond motifs is 3. The van der Waals surface area contributed by atoms with Crippen molar-refractivity contribution in [1.82, 2.24) is 0 Å². The zero-order valence-corrected chi connectivity index (χ0v) is 17.9. The summed E-state index contributed by atoms with van der Waals surface area (Å²) in [4.78, 5) is 4.98. The van der Waals surface area contributed by atoms with Gasteiger partial charge in [0, 0.05) is 24.6 Å². The summed E-state index contributed by atoms with van der Waals surface area (Å²) in [5.74, 6) is 0. The molecule has 0 amide bonds. The van der Waals surface area contributed by atoms with Gasteiger partial charge in [0.2, 0.25) is 0 Å². The van der Waals surface area contributed by atoms with Gasteiger partial charge in [0.05, 0.1) is 5.41 Å². The summed E-state index contributed by atoms with van der Waals surface area (Å²) < 4.78 is 0. The lowest BCUT2D eigenvalue weighted by atomic mass is 9.74. The summed E-state index contributed by atoms with van der Waals surface area (Å²) in [5, 5.41) is 0. The van der Waals surface area contributed by atoms with E-state index < -0.39 is 0 Å². The number of aryl methyl sites for hydroxylation is 3. The highest BCUT2D eigenvalue weighted by molar-refractivity contribution is 5.90. The highest BCUT2D eigenvalue weighted by Crippen LogP contribution is 2.57. The standard InChI is InChI=1S/C27H28N2/c1-18-15-19(2)25(20(3)16-18)29-17-23(21-11-7-6-8-12-21)27(4)22-13-9-10-14-24(22)28(5)26(27)29/h6-17,26H,1-5H3/t26-,27+/m0/s1. The monoisotopic (exact) mass is 380 g/mol. The molecule has 2 aliphatic rings. The Hall–Kier alpha value is -3.00. The fourth-order valence-electron chi connectivity index (χ4n) is 5.73. The molecule has 0 N–H and O–H groups in total. The quantitative estimate of drug-likeness (QED) is 0.522. The lowest BCUT2D eigenvalue weighted by Gasteiger charge is -2.38. The maximum absolute atomic E-state index is 2.52. The van der Waals surface area contributed by atoms with Gasteiger partial charge in [-0.3, -0.25) is 0 Å². The molecule has 3 aromatic carbocycles. The van der Waals surface area contributed by atoms with Crippen molar-refractivity contribution < 1.29 is 0 Å². The van der Waals surface area contributed by atoms with Crippen LogP contribution in [0.5, 0.6) is 0 Å². The fraction of sp³-hybridized carbons (Fsp3) is 0.259. The largest absolute Gasteiger partial charge is 0.353 e. The molecule has 0 saturated heterocycles. The first-order valence-corrected chi connectivity index (χ1v) is 10.4. The first-order valence-electron chi connectivity index (χ1n) is 10.4. The van der Waals surface area contributed by atoms with Crippen LogP contribution in [0.3, 0.4) is 0 Å². The van der Waals surface area contributed by atoms with E-state index in [1.807, 2.05) is 0 Å². The molecule has 3 aromatic rings. The number of hydrogen-bond donors (Lipinski definition) is 0. The Morgan fingerprint density at radius 1 is 0.828 bits per heavy atom. The third-order valence-corrected chi connectivity index (χ3v) is 6.80. The third-order valence-electron chi connectivity index (χ3n) is 6.80. The van der Waals surface area contributed by atoms with Gasteiger partial charge in [-0.2, -0.15) is 0 Å². The molecule has 0 aliphatic carbocycles. The van der Waals surface area contributed by atoms with E-state index in [9.17, 15) is 0 Å². The Bertz CT molecular complexity index is 1110. The van der Waals surface area contributed by atoms with Crippen LogP contribution in [-0.4, -0.2) is 13.2 Å². The maximum atomic E-state index is 2.52. The molecule has 2 nitrogen and oxygen atoms in total. The number of rotatable bonds is 2. The van der Waals surface area contributed by atoms with E-state index >= 15 is 0 Å². The molecule has 0 saturated carbocycles. The Kier molecular flexibility index (Phi) is 3.89. The lowest BCUT2D eigenvalue weighted by molar-refractivity contribution is 0.517. The smallest absolute Gasteiger partial charge is 0.119 e. The Labute approximate surface area is 174 Å². The first-order chi connectivity index (χ1) is 13.9. The molecule has 2 heteroatoms. The van der Waals surface area contributed by atoms with E-state index in [1.165, 1.54) is 44.8 Å². The van der Waals surface area contributed by atoms with Gasteiger partial charge in [-0.15, -0.1) is 0 Å². The summed E-state index contributed by atoms with van der Waals surface area (Å²) in [5.41, 5.74) is 10.6. The van der Waals surface area contributed by atoms with Crippen LogP contribution in [0.1, 0.15) is 34.7 Å². The zero-order chi connectivity index (χ0) is 20.3. The minimum absolute atomic E-state index is 0.101. The molecule has 2 atom stereocenters. The van der Waals surface area contributed by atoms with Crippen molar-refractivity contribution in [3.63, 3.8) is 0 Å². The van der Waals surface area contributed by atoms with Gasteiger partial charge in [-0.25, -0.2) is 0 Å². The van der Waals surface area contributed by atoms with Crippen LogP contribution < -0.4 is 9.80 Å². The summed E-state index contributed by atoms with van der Waals surface area (Å²) in [6.45, 7) is 9.07. The first kappa shape index (κ1) is 18.1. The van der Waals surface area contributed by atoms with Crippen molar-refractivity contribution in [2.24, 2.45) is 0 Å². The molecule has 29 heavy (non-hydrogen) atoms. The van der Waals surface area contributed by atoms with Crippen LogP contribution in [0.4, 0.5) is 11.4 Å². The second-order valence-corrected chi connectivity index (χ2v) is 8.77. The number of benzene rings is 3. The van der Waals surface area contributed by atoms with Gasteiger partial charge in [-0.1, -0.05) is 66.2 Å². The average molecular weight is 381 g/mol. The third kappa shape index (κ3) is 2.42. The van der Waals surface area contributed by atoms with Gasteiger partial charge in [0.15, 0.2) is 0 Å². The highest BCUT2D eigenvalue weighted by Gasteiger charge is 2.55. The van der Waals surface area contributed by atoms with E-state index in [0.29, 0.717) is 0 Å². The van der Waals surface area contributed by atoms with Crippen LogP contribution in [0, 0.1) is 20.8 Å².